The molecule has 0 saturated heterocycles. The largest absolute Gasteiger partial charge is 0.310 e. The fraction of sp³-hybridized carbons (Fsp3) is 0.0843. The van der Waals surface area contributed by atoms with Crippen LogP contribution in [0.1, 0.15) is 72.2 Å². The van der Waals surface area contributed by atoms with Gasteiger partial charge in [0.15, 0.2) is 0 Å². The molecule has 0 heterocycles. The van der Waals surface area contributed by atoms with Gasteiger partial charge in [0.05, 0.1) is 5.41 Å². The van der Waals surface area contributed by atoms with E-state index in [9.17, 15) is 0 Å². The van der Waals surface area contributed by atoms with Crippen LogP contribution in [0.5, 0.6) is 0 Å². The fourth-order valence-electron chi connectivity index (χ4n) is 15.7. The first-order chi connectivity index (χ1) is 41.2. The minimum Gasteiger partial charge on any atom is -0.310 e. The SMILES string of the molecule is CC1(C)c2ccccc2-c2ccc(N(c3ccc4c(c3)C(C)(C)c3ccccc3-4)c3ccc4cc(-c5cc6c7ccccc7c(-c7ccc8c(c7)C(c7ccccc7)(c7ccccc7)c7ccccc7-8)cc6c6ccccc56)ccc4c3)cc21. The fourth-order valence-corrected chi connectivity index (χ4v) is 15.7. The van der Waals surface area contributed by atoms with Crippen LogP contribution in [0.15, 0.2) is 285 Å². The van der Waals surface area contributed by atoms with Gasteiger partial charge in [-0.15, -0.1) is 0 Å². The summed E-state index contributed by atoms with van der Waals surface area (Å²) in [6, 6.07) is 108. The lowest BCUT2D eigenvalue weighted by Gasteiger charge is -2.34. The number of nitrogens with zero attached hydrogens (tertiary/aromatic N) is 1. The third-order valence-corrected chi connectivity index (χ3v) is 19.7. The van der Waals surface area contributed by atoms with Crippen LogP contribution in [-0.4, -0.2) is 0 Å². The van der Waals surface area contributed by atoms with Crippen molar-refractivity contribution in [2.24, 2.45) is 0 Å². The van der Waals surface area contributed by atoms with Gasteiger partial charge in [-0.05, 0) is 204 Å². The molecule has 1 nitrogen and oxygen atoms in total. The summed E-state index contributed by atoms with van der Waals surface area (Å²) in [6.07, 6.45) is 0. The summed E-state index contributed by atoms with van der Waals surface area (Å²) in [4.78, 5) is 2.49. The van der Waals surface area contributed by atoms with Crippen LogP contribution in [0.4, 0.5) is 17.1 Å². The Bertz CT molecular complexity index is 4930. The maximum absolute atomic E-state index is 2.51. The molecule has 0 saturated carbocycles. The molecule has 0 amide bonds. The molecule has 0 fully saturated rings. The Morgan fingerprint density at radius 1 is 0.226 bits per heavy atom. The molecule has 3 aliphatic rings. The molecular formula is C83H59N. The zero-order valence-electron chi connectivity index (χ0n) is 47.6. The first-order valence-electron chi connectivity index (χ1n) is 29.7. The van der Waals surface area contributed by atoms with Gasteiger partial charge in [-0.2, -0.15) is 0 Å². The second kappa shape index (κ2) is 18.0. The Morgan fingerprint density at radius 3 is 1.14 bits per heavy atom. The summed E-state index contributed by atoms with van der Waals surface area (Å²) in [5.74, 6) is 0. The molecule has 0 bridgehead atoms. The highest BCUT2D eigenvalue weighted by molar-refractivity contribution is 6.24. The third kappa shape index (κ3) is 6.84. The molecule has 17 rings (SSSR count). The number of fused-ring (bicyclic) bond motifs is 15. The lowest BCUT2D eigenvalue weighted by Crippen LogP contribution is -2.28. The van der Waals surface area contributed by atoms with E-state index in [0.717, 1.165) is 17.1 Å². The number of anilines is 3. The van der Waals surface area contributed by atoms with E-state index < -0.39 is 5.41 Å². The van der Waals surface area contributed by atoms with Crippen molar-refractivity contribution in [3.63, 3.8) is 0 Å². The molecule has 0 atom stereocenters. The quantitative estimate of drug-likeness (QED) is 0.144. The van der Waals surface area contributed by atoms with E-state index in [0.29, 0.717) is 0 Å². The Balaban J connectivity index is 0.803. The maximum atomic E-state index is 2.51. The van der Waals surface area contributed by atoms with Gasteiger partial charge in [0, 0.05) is 27.9 Å². The highest BCUT2D eigenvalue weighted by Gasteiger charge is 2.46. The van der Waals surface area contributed by atoms with Crippen molar-refractivity contribution >= 4 is 60.2 Å². The van der Waals surface area contributed by atoms with Gasteiger partial charge in [-0.1, -0.05) is 252 Å². The Labute approximate surface area is 491 Å². The van der Waals surface area contributed by atoms with Crippen molar-refractivity contribution < 1.29 is 0 Å². The molecule has 0 spiro atoms. The molecule has 0 aromatic heterocycles. The van der Waals surface area contributed by atoms with Crippen LogP contribution in [0.3, 0.4) is 0 Å². The van der Waals surface area contributed by atoms with E-state index in [4.69, 9.17) is 0 Å². The first-order valence-corrected chi connectivity index (χ1v) is 29.7. The summed E-state index contributed by atoms with van der Waals surface area (Å²) in [5.41, 5.74) is 26.2. The molecule has 14 aromatic rings. The summed E-state index contributed by atoms with van der Waals surface area (Å²) in [6.45, 7) is 9.51. The first kappa shape index (κ1) is 48.6. The van der Waals surface area contributed by atoms with E-state index in [2.05, 4.69) is 318 Å². The standard InChI is InChI=1S/C83H59N/c1-81(2)75-32-18-15-29-65(75)68-43-40-59(48-78(68)81)84(60-41-44-69-66-30-16-19-33-76(66)82(3,4)79(69)49-60)58-39-37-52-45-54(36-35-53(52)46-58)71-50-73-64-28-14-12-26-62(64)72(51-74(73)63-27-13-11-25-61(63)71)55-38-42-70-67-31-17-20-34-77(67)83(80(70)47-55,56-21-7-5-8-22-56)57-23-9-6-10-24-57/h5-51H,1-4H3. The third-order valence-electron chi connectivity index (χ3n) is 19.7. The Kier molecular flexibility index (Phi) is 10.4. The van der Waals surface area contributed by atoms with Crippen molar-refractivity contribution in [3.8, 4) is 55.6 Å². The number of hydrogen-bond donors (Lipinski definition) is 0. The van der Waals surface area contributed by atoms with E-state index in [1.807, 2.05) is 0 Å². The predicted molar refractivity (Wildman–Crippen MR) is 354 cm³/mol. The van der Waals surface area contributed by atoms with Gasteiger partial charge in [-0.3, -0.25) is 0 Å². The zero-order chi connectivity index (χ0) is 56.1. The van der Waals surface area contributed by atoms with Crippen LogP contribution in [0.25, 0.3) is 98.7 Å². The lowest BCUT2D eigenvalue weighted by atomic mass is 9.67. The molecule has 0 aliphatic heterocycles. The molecule has 14 aromatic carbocycles. The number of rotatable bonds is 7. The smallest absolute Gasteiger partial charge is 0.0713 e. The molecule has 0 radical (unpaired) electrons. The predicted octanol–water partition coefficient (Wildman–Crippen LogP) is 22.1. The second-order valence-electron chi connectivity index (χ2n) is 24.7. The maximum Gasteiger partial charge on any atom is 0.0713 e. The Hall–Kier alpha value is -10.1. The van der Waals surface area contributed by atoms with Crippen molar-refractivity contribution in [1.29, 1.82) is 0 Å². The molecule has 0 N–H and O–H groups in total. The van der Waals surface area contributed by atoms with E-state index in [1.54, 1.807) is 0 Å². The molecule has 0 unspecified atom stereocenters. The van der Waals surface area contributed by atoms with Crippen LogP contribution in [0, 0.1) is 0 Å². The van der Waals surface area contributed by atoms with Crippen LogP contribution >= 0.6 is 0 Å². The van der Waals surface area contributed by atoms with Gasteiger partial charge in [0.25, 0.3) is 0 Å². The van der Waals surface area contributed by atoms with E-state index in [-0.39, 0.29) is 10.8 Å². The lowest BCUT2D eigenvalue weighted by molar-refractivity contribution is 0.660. The van der Waals surface area contributed by atoms with Crippen molar-refractivity contribution in [1.82, 2.24) is 0 Å². The topological polar surface area (TPSA) is 3.24 Å². The van der Waals surface area contributed by atoms with Crippen LogP contribution < -0.4 is 4.90 Å². The molecule has 396 valence electrons. The average molecular weight is 1070 g/mol. The molecule has 1 heteroatoms. The van der Waals surface area contributed by atoms with Gasteiger partial charge in [0.1, 0.15) is 0 Å². The normalized spacial score (nSPS) is 14.5. The highest BCUT2D eigenvalue weighted by Crippen LogP contribution is 2.58. The summed E-state index contributed by atoms with van der Waals surface area (Å²) in [7, 11) is 0. The number of hydrogen-bond acceptors (Lipinski definition) is 1. The van der Waals surface area contributed by atoms with E-state index >= 15 is 0 Å². The monoisotopic (exact) mass is 1070 g/mol. The average Bonchev–Trinajstić information content (AvgIpc) is 1.66. The molecular weight excluding hydrogens is 1010 g/mol. The summed E-state index contributed by atoms with van der Waals surface area (Å²) < 4.78 is 0. The summed E-state index contributed by atoms with van der Waals surface area (Å²) in [5, 5.41) is 9.91. The van der Waals surface area contributed by atoms with Gasteiger partial charge in [-0.25, -0.2) is 0 Å². The second-order valence-corrected chi connectivity index (χ2v) is 24.7. The van der Waals surface area contributed by atoms with E-state index in [1.165, 1.54) is 143 Å². The zero-order valence-corrected chi connectivity index (χ0v) is 47.6. The van der Waals surface area contributed by atoms with Crippen LogP contribution in [-0.2, 0) is 16.2 Å². The van der Waals surface area contributed by atoms with Gasteiger partial charge < -0.3 is 4.90 Å². The van der Waals surface area contributed by atoms with Crippen molar-refractivity contribution in [3.05, 3.63) is 330 Å². The molecule has 3 aliphatic carbocycles. The Morgan fingerprint density at radius 2 is 0.595 bits per heavy atom. The van der Waals surface area contributed by atoms with Crippen molar-refractivity contribution in [2.75, 3.05) is 4.90 Å². The highest BCUT2D eigenvalue weighted by atomic mass is 15.1. The minimum absolute atomic E-state index is 0.133. The van der Waals surface area contributed by atoms with Gasteiger partial charge >= 0.3 is 0 Å². The van der Waals surface area contributed by atoms with Crippen molar-refractivity contribution in [2.45, 2.75) is 43.9 Å². The minimum atomic E-state index is -0.486. The van der Waals surface area contributed by atoms with Crippen LogP contribution in [0.2, 0.25) is 0 Å². The molecule has 84 heavy (non-hydrogen) atoms. The summed E-state index contributed by atoms with van der Waals surface area (Å²) >= 11 is 0. The number of benzene rings is 14. The van der Waals surface area contributed by atoms with Gasteiger partial charge in [0.2, 0.25) is 0 Å².